The number of ether oxygens (including phenoxy) is 1. The highest BCUT2D eigenvalue weighted by Gasteiger charge is 2.33. The maximum Gasteiger partial charge on any atom is 0.409 e. The standard InChI is InChI=1S/C13H25NO2/c1-9(2)11-6-12(10(3)4)8-14(7-11)13(15)16-5/h9-12H,6-8H2,1-5H3. The Morgan fingerprint density at radius 2 is 1.56 bits per heavy atom. The topological polar surface area (TPSA) is 29.5 Å². The third-order valence-corrected chi connectivity index (χ3v) is 3.83. The molecule has 0 aromatic heterocycles. The third kappa shape index (κ3) is 3.13. The molecule has 1 fully saturated rings. The van der Waals surface area contributed by atoms with Gasteiger partial charge in [0.05, 0.1) is 7.11 Å². The van der Waals surface area contributed by atoms with Gasteiger partial charge in [-0.3, -0.25) is 0 Å². The van der Waals surface area contributed by atoms with Crippen LogP contribution in [0.15, 0.2) is 0 Å². The summed E-state index contributed by atoms with van der Waals surface area (Å²) in [5.41, 5.74) is 0. The van der Waals surface area contributed by atoms with Crippen LogP contribution < -0.4 is 0 Å². The van der Waals surface area contributed by atoms with E-state index in [4.69, 9.17) is 4.74 Å². The molecule has 1 aliphatic rings. The van der Waals surface area contributed by atoms with Crippen LogP contribution >= 0.6 is 0 Å². The van der Waals surface area contributed by atoms with E-state index in [1.807, 2.05) is 4.90 Å². The Hall–Kier alpha value is -0.730. The SMILES string of the molecule is COC(=O)N1CC(C(C)C)CC(C(C)C)C1. The van der Waals surface area contributed by atoms with E-state index in [1.54, 1.807) is 0 Å². The molecule has 1 aliphatic heterocycles. The Morgan fingerprint density at radius 3 is 1.88 bits per heavy atom. The minimum Gasteiger partial charge on any atom is -0.453 e. The molecule has 1 rings (SSSR count). The quantitative estimate of drug-likeness (QED) is 0.725. The van der Waals surface area contributed by atoms with E-state index in [0.717, 1.165) is 13.1 Å². The fraction of sp³-hybridized carbons (Fsp3) is 0.923. The van der Waals surface area contributed by atoms with Crippen molar-refractivity contribution in [3.8, 4) is 0 Å². The van der Waals surface area contributed by atoms with Crippen molar-refractivity contribution in [2.75, 3.05) is 20.2 Å². The summed E-state index contributed by atoms with van der Waals surface area (Å²) < 4.78 is 4.83. The molecule has 0 saturated carbocycles. The molecular formula is C13H25NO2. The number of hydrogen-bond acceptors (Lipinski definition) is 2. The highest BCUT2D eigenvalue weighted by molar-refractivity contribution is 5.67. The Balaban J connectivity index is 2.70. The van der Waals surface area contributed by atoms with Crippen LogP contribution in [0.1, 0.15) is 34.1 Å². The van der Waals surface area contributed by atoms with Gasteiger partial charge in [-0.25, -0.2) is 4.79 Å². The van der Waals surface area contributed by atoms with Crippen LogP contribution in [-0.2, 0) is 4.74 Å². The zero-order valence-electron chi connectivity index (χ0n) is 11.2. The van der Waals surface area contributed by atoms with Crippen LogP contribution in [-0.4, -0.2) is 31.2 Å². The average molecular weight is 227 g/mol. The van der Waals surface area contributed by atoms with E-state index < -0.39 is 0 Å². The van der Waals surface area contributed by atoms with Crippen LogP contribution in [0, 0.1) is 23.7 Å². The van der Waals surface area contributed by atoms with E-state index in [9.17, 15) is 4.79 Å². The van der Waals surface area contributed by atoms with Crippen LogP contribution in [0.5, 0.6) is 0 Å². The molecule has 1 saturated heterocycles. The van der Waals surface area contributed by atoms with Crippen molar-refractivity contribution in [1.82, 2.24) is 4.90 Å². The maximum atomic E-state index is 11.6. The van der Waals surface area contributed by atoms with Gasteiger partial charge in [0.15, 0.2) is 0 Å². The van der Waals surface area contributed by atoms with Crippen molar-refractivity contribution in [3.63, 3.8) is 0 Å². The first-order valence-corrected chi connectivity index (χ1v) is 6.28. The van der Waals surface area contributed by atoms with E-state index in [1.165, 1.54) is 13.5 Å². The second-order valence-corrected chi connectivity index (χ2v) is 5.62. The van der Waals surface area contributed by atoms with Gasteiger partial charge in [0, 0.05) is 13.1 Å². The number of carbonyl (C=O) groups excluding carboxylic acids is 1. The molecule has 0 aromatic rings. The van der Waals surface area contributed by atoms with Crippen molar-refractivity contribution in [2.45, 2.75) is 34.1 Å². The molecule has 0 bridgehead atoms. The van der Waals surface area contributed by atoms with Crippen molar-refractivity contribution < 1.29 is 9.53 Å². The Kier molecular flexibility index (Phi) is 4.63. The molecule has 0 aliphatic carbocycles. The molecule has 3 nitrogen and oxygen atoms in total. The molecule has 94 valence electrons. The number of piperidine rings is 1. The Labute approximate surface area is 99.1 Å². The fourth-order valence-electron chi connectivity index (χ4n) is 2.42. The van der Waals surface area contributed by atoms with Crippen molar-refractivity contribution in [1.29, 1.82) is 0 Å². The lowest BCUT2D eigenvalue weighted by Crippen LogP contribution is -2.46. The number of methoxy groups -OCH3 is 1. The van der Waals surface area contributed by atoms with Crippen molar-refractivity contribution >= 4 is 6.09 Å². The first-order chi connectivity index (χ1) is 7.45. The van der Waals surface area contributed by atoms with E-state index in [-0.39, 0.29) is 6.09 Å². The van der Waals surface area contributed by atoms with Crippen LogP contribution in [0.3, 0.4) is 0 Å². The predicted molar refractivity (Wildman–Crippen MR) is 65.3 cm³/mol. The molecular weight excluding hydrogens is 202 g/mol. The third-order valence-electron chi connectivity index (χ3n) is 3.83. The molecule has 2 unspecified atom stereocenters. The van der Waals surface area contributed by atoms with Gasteiger partial charge in [0.1, 0.15) is 0 Å². The summed E-state index contributed by atoms with van der Waals surface area (Å²) >= 11 is 0. The summed E-state index contributed by atoms with van der Waals surface area (Å²) in [6.07, 6.45) is 1.07. The molecule has 1 amide bonds. The van der Waals surface area contributed by atoms with Crippen molar-refractivity contribution in [3.05, 3.63) is 0 Å². The van der Waals surface area contributed by atoms with Gasteiger partial charge in [-0.15, -0.1) is 0 Å². The smallest absolute Gasteiger partial charge is 0.409 e. The normalized spacial score (nSPS) is 26.3. The molecule has 0 radical (unpaired) electrons. The van der Waals surface area contributed by atoms with Gasteiger partial charge < -0.3 is 9.64 Å². The molecule has 0 N–H and O–H groups in total. The fourth-order valence-corrected chi connectivity index (χ4v) is 2.42. The number of likely N-dealkylation sites (tertiary alicyclic amines) is 1. The van der Waals surface area contributed by atoms with E-state index >= 15 is 0 Å². The summed E-state index contributed by atoms with van der Waals surface area (Å²) in [7, 11) is 1.46. The zero-order chi connectivity index (χ0) is 12.3. The average Bonchev–Trinajstić information content (AvgIpc) is 2.27. The van der Waals surface area contributed by atoms with Gasteiger partial charge in [-0.05, 0) is 30.1 Å². The van der Waals surface area contributed by atoms with Crippen LogP contribution in [0.2, 0.25) is 0 Å². The second kappa shape index (κ2) is 5.55. The van der Waals surface area contributed by atoms with Gasteiger partial charge in [-0.1, -0.05) is 27.7 Å². The highest BCUT2D eigenvalue weighted by Crippen LogP contribution is 2.31. The molecule has 1 heterocycles. The van der Waals surface area contributed by atoms with Crippen molar-refractivity contribution in [2.24, 2.45) is 23.7 Å². The summed E-state index contributed by atoms with van der Waals surface area (Å²) in [5, 5.41) is 0. The second-order valence-electron chi connectivity index (χ2n) is 5.62. The summed E-state index contributed by atoms with van der Waals surface area (Å²) in [4.78, 5) is 13.5. The summed E-state index contributed by atoms with van der Waals surface area (Å²) in [6, 6.07) is 0. The highest BCUT2D eigenvalue weighted by atomic mass is 16.5. The number of carbonyl (C=O) groups is 1. The maximum absolute atomic E-state index is 11.6. The van der Waals surface area contributed by atoms with Crippen LogP contribution in [0.4, 0.5) is 4.79 Å². The Morgan fingerprint density at radius 1 is 1.12 bits per heavy atom. The summed E-state index contributed by atoms with van der Waals surface area (Å²) in [6.45, 7) is 10.7. The molecule has 2 atom stereocenters. The van der Waals surface area contributed by atoms with E-state index in [2.05, 4.69) is 27.7 Å². The minimum absolute atomic E-state index is 0.170. The van der Waals surface area contributed by atoms with Gasteiger partial charge in [0.25, 0.3) is 0 Å². The number of nitrogens with zero attached hydrogens (tertiary/aromatic N) is 1. The number of amides is 1. The Bertz CT molecular complexity index is 222. The monoisotopic (exact) mass is 227 g/mol. The van der Waals surface area contributed by atoms with Gasteiger partial charge in [0.2, 0.25) is 0 Å². The lowest BCUT2D eigenvalue weighted by Gasteiger charge is -2.40. The lowest BCUT2D eigenvalue weighted by molar-refractivity contribution is 0.0610. The first kappa shape index (κ1) is 13.3. The molecule has 0 spiro atoms. The van der Waals surface area contributed by atoms with Crippen LogP contribution in [0.25, 0.3) is 0 Å². The van der Waals surface area contributed by atoms with Gasteiger partial charge >= 0.3 is 6.09 Å². The largest absolute Gasteiger partial charge is 0.453 e. The molecule has 0 aromatic carbocycles. The lowest BCUT2D eigenvalue weighted by atomic mass is 9.78. The molecule has 3 heteroatoms. The molecule has 16 heavy (non-hydrogen) atoms. The number of hydrogen-bond donors (Lipinski definition) is 0. The van der Waals surface area contributed by atoms with Gasteiger partial charge in [-0.2, -0.15) is 0 Å². The zero-order valence-corrected chi connectivity index (χ0v) is 11.2. The number of rotatable bonds is 2. The summed E-state index contributed by atoms with van der Waals surface area (Å²) in [5.74, 6) is 2.49. The predicted octanol–water partition coefficient (Wildman–Crippen LogP) is 3.00. The minimum atomic E-state index is -0.170. The first-order valence-electron chi connectivity index (χ1n) is 6.28. The van der Waals surface area contributed by atoms with E-state index in [0.29, 0.717) is 23.7 Å².